The van der Waals surface area contributed by atoms with Crippen molar-refractivity contribution in [3.8, 4) is 0 Å². The molecule has 0 fully saturated rings. The highest BCUT2D eigenvalue weighted by atomic mass is 16.2. The maximum atomic E-state index is 11.6. The SMILES string of the molecule is CNC(=O)CCC(CCC(N)=O)(CCC(=O)NC)CCC(=O)NC. The van der Waals surface area contributed by atoms with Gasteiger partial charge in [0, 0.05) is 46.8 Å². The molecule has 8 nitrogen and oxygen atoms in total. The molecule has 0 radical (unpaired) electrons. The van der Waals surface area contributed by atoms with Gasteiger partial charge in [-0.25, -0.2) is 0 Å². The Balaban J connectivity index is 5.17. The molecule has 5 N–H and O–H groups in total. The van der Waals surface area contributed by atoms with Crippen molar-refractivity contribution in [2.24, 2.45) is 11.1 Å². The molecule has 0 aromatic heterocycles. The van der Waals surface area contributed by atoms with E-state index >= 15 is 0 Å². The third-order valence-electron chi connectivity index (χ3n) is 4.39. The van der Waals surface area contributed by atoms with E-state index in [1.807, 2.05) is 0 Å². The molecule has 0 rings (SSSR count). The van der Waals surface area contributed by atoms with Crippen LogP contribution in [0.25, 0.3) is 0 Å². The second kappa shape index (κ2) is 11.4. The summed E-state index contributed by atoms with van der Waals surface area (Å²) in [5, 5.41) is 7.70. The largest absolute Gasteiger partial charge is 0.370 e. The summed E-state index contributed by atoms with van der Waals surface area (Å²) in [6.07, 6.45) is 2.92. The number of hydrogen-bond acceptors (Lipinski definition) is 4. The van der Waals surface area contributed by atoms with Crippen LogP contribution in [0, 0.1) is 5.41 Å². The van der Waals surface area contributed by atoms with Gasteiger partial charge in [0.25, 0.3) is 0 Å². The molecule has 0 aliphatic heterocycles. The summed E-state index contributed by atoms with van der Waals surface area (Å²) in [5.41, 5.74) is 4.81. The van der Waals surface area contributed by atoms with Gasteiger partial charge in [-0.2, -0.15) is 0 Å². The number of carbonyl (C=O) groups excluding carboxylic acids is 4. The van der Waals surface area contributed by atoms with Crippen LogP contribution >= 0.6 is 0 Å². The quantitative estimate of drug-likeness (QED) is 0.392. The van der Waals surface area contributed by atoms with Crippen LogP contribution in [0.2, 0.25) is 0 Å². The van der Waals surface area contributed by atoms with Gasteiger partial charge < -0.3 is 21.7 Å². The van der Waals surface area contributed by atoms with Crippen molar-refractivity contribution in [2.75, 3.05) is 21.1 Å². The fraction of sp³-hybridized carbons (Fsp3) is 0.750. The highest BCUT2D eigenvalue weighted by Gasteiger charge is 2.31. The van der Waals surface area contributed by atoms with Gasteiger partial charge in [0.15, 0.2) is 0 Å². The summed E-state index contributed by atoms with van der Waals surface area (Å²) < 4.78 is 0. The minimum absolute atomic E-state index is 0.113. The minimum Gasteiger partial charge on any atom is -0.370 e. The highest BCUT2D eigenvalue weighted by molar-refractivity contribution is 5.77. The van der Waals surface area contributed by atoms with Crippen molar-refractivity contribution in [1.82, 2.24) is 16.0 Å². The smallest absolute Gasteiger partial charge is 0.219 e. The van der Waals surface area contributed by atoms with Crippen LogP contribution in [-0.4, -0.2) is 44.8 Å². The van der Waals surface area contributed by atoms with Crippen LogP contribution < -0.4 is 21.7 Å². The van der Waals surface area contributed by atoms with Crippen LogP contribution in [0.1, 0.15) is 51.4 Å². The lowest BCUT2D eigenvalue weighted by molar-refractivity contribution is -0.121. The van der Waals surface area contributed by atoms with Crippen molar-refractivity contribution in [3.63, 3.8) is 0 Å². The molecule has 0 saturated heterocycles. The Hall–Kier alpha value is -2.12. The number of primary amides is 1. The Labute approximate surface area is 143 Å². The zero-order chi connectivity index (χ0) is 18.6. The second-order valence-corrected chi connectivity index (χ2v) is 5.99. The normalized spacial score (nSPS) is 10.8. The molecule has 138 valence electrons. The zero-order valence-electron chi connectivity index (χ0n) is 14.9. The summed E-state index contributed by atoms with van der Waals surface area (Å²) in [4.78, 5) is 46.1. The molecule has 0 atom stereocenters. The molecule has 8 heteroatoms. The fourth-order valence-electron chi connectivity index (χ4n) is 2.65. The van der Waals surface area contributed by atoms with Crippen LogP contribution in [0.3, 0.4) is 0 Å². The van der Waals surface area contributed by atoms with Gasteiger partial charge in [0.05, 0.1) is 0 Å². The molecule has 24 heavy (non-hydrogen) atoms. The summed E-state index contributed by atoms with van der Waals surface area (Å²) in [7, 11) is 4.67. The summed E-state index contributed by atoms with van der Waals surface area (Å²) in [6.45, 7) is 0. The number of nitrogens with two attached hydrogens (primary N) is 1. The molecule has 0 aliphatic carbocycles. The number of carbonyl (C=O) groups is 4. The molecule has 0 spiro atoms. The minimum atomic E-state index is -0.458. The molecule has 0 aromatic rings. The average molecular weight is 342 g/mol. The average Bonchev–Trinajstić information content (AvgIpc) is 2.59. The predicted octanol–water partition coefficient (Wildman–Crippen LogP) is -0.183. The Bertz CT molecular complexity index is 401. The number of hydrogen-bond donors (Lipinski definition) is 4. The third-order valence-corrected chi connectivity index (χ3v) is 4.39. The Morgan fingerprint density at radius 2 is 0.958 bits per heavy atom. The molecular weight excluding hydrogens is 312 g/mol. The van der Waals surface area contributed by atoms with E-state index in [9.17, 15) is 19.2 Å². The van der Waals surface area contributed by atoms with Gasteiger partial charge in [-0.05, 0) is 31.1 Å². The van der Waals surface area contributed by atoms with Crippen LogP contribution in [0.5, 0.6) is 0 Å². The molecule has 0 aliphatic rings. The molecule has 0 heterocycles. The van der Waals surface area contributed by atoms with E-state index in [1.54, 1.807) is 21.1 Å². The second-order valence-electron chi connectivity index (χ2n) is 5.99. The van der Waals surface area contributed by atoms with E-state index in [0.717, 1.165) is 0 Å². The lowest BCUT2D eigenvalue weighted by Crippen LogP contribution is -2.31. The van der Waals surface area contributed by atoms with E-state index in [-0.39, 0.29) is 43.4 Å². The number of rotatable bonds is 12. The van der Waals surface area contributed by atoms with Crippen molar-refractivity contribution in [1.29, 1.82) is 0 Å². The maximum absolute atomic E-state index is 11.6. The van der Waals surface area contributed by atoms with E-state index in [1.165, 1.54) is 0 Å². The Morgan fingerprint density at radius 3 is 1.21 bits per heavy atom. The zero-order valence-corrected chi connectivity index (χ0v) is 14.9. The van der Waals surface area contributed by atoms with Crippen LogP contribution in [0.4, 0.5) is 0 Å². The summed E-state index contributed by atoms with van der Waals surface area (Å²) >= 11 is 0. The van der Waals surface area contributed by atoms with Gasteiger partial charge in [-0.15, -0.1) is 0 Å². The first-order valence-electron chi connectivity index (χ1n) is 8.18. The maximum Gasteiger partial charge on any atom is 0.219 e. The van der Waals surface area contributed by atoms with Crippen molar-refractivity contribution in [2.45, 2.75) is 51.4 Å². The molecule has 4 amide bonds. The molecule has 0 saturated carbocycles. The van der Waals surface area contributed by atoms with E-state index in [0.29, 0.717) is 25.7 Å². The fourth-order valence-corrected chi connectivity index (χ4v) is 2.65. The molecule has 0 bridgehead atoms. The Morgan fingerprint density at radius 1 is 0.667 bits per heavy atom. The third kappa shape index (κ3) is 9.12. The monoisotopic (exact) mass is 342 g/mol. The first-order chi connectivity index (χ1) is 11.3. The van der Waals surface area contributed by atoms with Gasteiger partial charge in [-0.3, -0.25) is 19.2 Å². The first-order valence-corrected chi connectivity index (χ1v) is 8.18. The highest BCUT2D eigenvalue weighted by Crippen LogP contribution is 2.39. The van der Waals surface area contributed by atoms with E-state index in [2.05, 4.69) is 16.0 Å². The van der Waals surface area contributed by atoms with Gasteiger partial charge >= 0.3 is 0 Å². The standard InChI is InChI=1S/C16H30N4O4/c1-18-13(22)5-9-16(8-4-12(17)21,10-6-14(23)19-2)11-7-15(24)20-3/h4-11H2,1-3H3,(H2,17,21)(H,18,22)(H,19,23)(H,20,24). The summed E-state index contributed by atoms with van der Waals surface area (Å²) in [5.74, 6) is -0.769. The molecule has 0 unspecified atom stereocenters. The first kappa shape index (κ1) is 21.9. The van der Waals surface area contributed by atoms with E-state index < -0.39 is 11.3 Å². The summed E-state index contributed by atoms with van der Waals surface area (Å²) in [6, 6.07) is 0. The lowest BCUT2D eigenvalue weighted by Gasteiger charge is -2.33. The number of nitrogens with one attached hydrogen (secondary N) is 3. The molecular formula is C16H30N4O4. The molecule has 0 aromatic carbocycles. The van der Waals surface area contributed by atoms with Gasteiger partial charge in [0.1, 0.15) is 0 Å². The van der Waals surface area contributed by atoms with Crippen molar-refractivity contribution < 1.29 is 19.2 Å². The van der Waals surface area contributed by atoms with Crippen molar-refractivity contribution >= 4 is 23.6 Å². The van der Waals surface area contributed by atoms with E-state index in [4.69, 9.17) is 5.73 Å². The van der Waals surface area contributed by atoms with Gasteiger partial charge in [-0.1, -0.05) is 0 Å². The predicted molar refractivity (Wildman–Crippen MR) is 90.8 cm³/mol. The Kier molecular flexibility index (Phi) is 10.4. The van der Waals surface area contributed by atoms with Crippen molar-refractivity contribution in [3.05, 3.63) is 0 Å². The number of amides is 4. The topological polar surface area (TPSA) is 130 Å². The van der Waals surface area contributed by atoms with Crippen LogP contribution in [-0.2, 0) is 19.2 Å². The van der Waals surface area contributed by atoms with Crippen LogP contribution in [0.15, 0.2) is 0 Å². The lowest BCUT2D eigenvalue weighted by atomic mass is 9.71. The van der Waals surface area contributed by atoms with Gasteiger partial charge in [0.2, 0.25) is 23.6 Å².